The van der Waals surface area contributed by atoms with Gasteiger partial charge in [0.15, 0.2) is 0 Å². The summed E-state index contributed by atoms with van der Waals surface area (Å²) in [5.41, 5.74) is 0. The maximum Gasteiger partial charge on any atom is 0.0693 e. The standard InChI is InChI=1S/C11H22N2O2/c14-11-3-1-2-10(11)12-4-5-13-6-8-15-9-7-13/h10-12,14H,1-9H2. The Morgan fingerprint density at radius 2 is 2.07 bits per heavy atom. The fourth-order valence-corrected chi connectivity index (χ4v) is 2.41. The van der Waals surface area contributed by atoms with Crippen LogP contribution in [-0.4, -0.2) is 61.5 Å². The molecule has 2 aliphatic rings. The molecule has 1 aliphatic heterocycles. The molecule has 1 saturated heterocycles. The van der Waals surface area contributed by atoms with Crippen molar-refractivity contribution in [1.82, 2.24) is 10.2 Å². The predicted octanol–water partition coefficient (Wildman–Crippen LogP) is -0.178. The minimum atomic E-state index is -0.116. The summed E-state index contributed by atoms with van der Waals surface area (Å²) >= 11 is 0. The first-order valence-electron chi connectivity index (χ1n) is 6.08. The molecule has 0 spiro atoms. The van der Waals surface area contributed by atoms with E-state index in [1.165, 1.54) is 0 Å². The molecule has 2 atom stereocenters. The number of nitrogens with one attached hydrogen (secondary N) is 1. The summed E-state index contributed by atoms with van der Waals surface area (Å²) in [5, 5.41) is 13.1. The zero-order valence-electron chi connectivity index (χ0n) is 9.32. The first-order chi connectivity index (χ1) is 7.36. The molecule has 1 heterocycles. The molecule has 15 heavy (non-hydrogen) atoms. The minimum absolute atomic E-state index is 0.116. The first kappa shape index (κ1) is 11.3. The Balaban J connectivity index is 1.57. The molecule has 1 saturated carbocycles. The van der Waals surface area contributed by atoms with Crippen LogP contribution in [0, 0.1) is 0 Å². The van der Waals surface area contributed by atoms with Crippen molar-refractivity contribution in [1.29, 1.82) is 0 Å². The van der Waals surface area contributed by atoms with Gasteiger partial charge in [0.2, 0.25) is 0 Å². The number of ether oxygens (including phenoxy) is 1. The minimum Gasteiger partial charge on any atom is -0.392 e. The Labute approximate surface area is 91.6 Å². The highest BCUT2D eigenvalue weighted by Gasteiger charge is 2.24. The van der Waals surface area contributed by atoms with Gasteiger partial charge in [-0.25, -0.2) is 0 Å². The highest BCUT2D eigenvalue weighted by atomic mass is 16.5. The fraction of sp³-hybridized carbons (Fsp3) is 1.00. The van der Waals surface area contributed by atoms with Crippen LogP contribution in [-0.2, 0) is 4.74 Å². The van der Waals surface area contributed by atoms with Crippen LogP contribution < -0.4 is 5.32 Å². The lowest BCUT2D eigenvalue weighted by Crippen LogP contribution is -2.44. The van der Waals surface area contributed by atoms with E-state index in [9.17, 15) is 5.11 Å². The number of rotatable bonds is 4. The maximum absolute atomic E-state index is 9.63. The molecule has 4 nitrogen and oxygen atoms in total. The number of hydrogen-bond acceptors (Lipinski definition) is 4. The van der Waals surface area contributed by atoms with Crippen LogP contribution in [0.15, 0.2) is 0 Å². The summed E-state index contributed by atoms with van der Waals surface area (Å²) in [5.74, 6) is 0. The van der Waals surface area contributed by atoms with Gasteiger partial charge in [-0.1, -0.05) is 0 Å². The number of aliphatic hydroxyl groups excluding tert-OH is 1. The number of hydrogen-bond donors (Lipinski definition) is 2. The largest absolute Gasteiger partial charge is 0.392 e. The van der Waals surface area contributed by atoms with E-state index in [0.29, 0.717) is 6.04 Å². The summed E-state index contributed by atoms with van der Waals surface area (Å²) in [6, 6.07) is 0.339. The Morgan fingerprint density at radius 3 is 2.73 bits per heavy atom. The summed E-state index contributed by atoms with van der Waals surface area (Å²) < 4.78 is 5.29. The van der Waals surface area contributed by atoms with E-state index in [1.54, 1.807) is 0 Å². The molecule has 2 rings (SSSR count). The molecule has 0 aromatic carbocycles. The van der Waals surface area contributed by atoms with Gasteiger partial charge in [-0.15, -0.1) is 0 Å². The van der Waals surface area contributed by atoms with Gasteiger partial charge in [0, 0.05) is 32.2 Å². The predicted molar refractivity (Wildman–Crippen MR) is 58.9 cm³/mol. The van der Waals surface area contributed by atoms with E-state index in [-0.39, 0.29) is 6.10 Å². The van der Waals surface area contributed by atoms with Crippen LogP contribution in [0.2, 0.25) is 0 Å². The summed E-state index contributed by atoms with van der Waals surface area (Å²) in [6.45, 7) is 5.90. The van der Waals surface area contributed by atoms with Gasteiger partial charge in [-0.3, -0.25) is 4.90 Å². The van der Waals surface area contributed by atoms with E-state index in [2.05, 4.69) is 10.2 Å². The molecular weight excluding hydrogens is 192 g/mol. The first-order valence-corrected chi connectivity index (χ1v) is 6.08. The number of morpholine rings is 1. The van der Waals surface area contributed by atoms with Crippen molar-refractivity contribution in [2.75, 3.05) is 39.4 Å². The lowest BCUT2D eigenvalue weighted by Gasteiger charge is -2.27. The van der Waals surface area contributed by atoms with Crippen LogP contribution >= 0.6 is 0 Å². The molecule has 0 aromatic heterocycles. The Morgan fingerprint density at radius 1 is 1.27 bits per heavy atom. The molecule has 0 aromatic rings. The topological polar surface area (TPSA) is 44.7 Å². The van der Waals surface area contributed by atoms with Crippen molar-refractivity contribution in [3.05, 3.63) is 0 Å². The van der Waals surface area contributed by atoms with Crippen LogP contribution in [0.4, 0.5) is 0 Å². The third-order valence-electron chi connectivity index (χ3n) is 3.42. The third-order valence-corrected chi connectivity index (χ3v) is 3.42. The van der Waals surface area contributed by atoms with Gasteiger partial charge in [-0.05, 0) is 19.3 Å². The van der Waals surface area contributed by atoms with Crippen LogP contribution in [0.1, 0.15) is 19.3 Å². The molecule has 0 amide bonds. The van der Waals surface area contributed by atoms with Gasteiger partial charge in [-0.2, -0.15) is 0 Å². The molecule has 0 bridgehead atoms. The normalized spacial score (nSPS) is 33.4. The van der Waals surface area contributed by atoms with Crippen LogP contribution in [0.25, 0.3) is 0 Å². The molecule has 88 valence electrons. The summed E-state index contributed by atoms with van der Waals surface area (Å²) in [4.78, 5) is 2.41. The van der Waals surface area contributed by atoms with Gasteiger partial charge in [0.25, 0.3) is 0 Å². The Bertz CT molecular complexity index is 183. The second-order valence-corrected chi connectivity index (χ2v) is 4.51. The van der Waals surface area contributed by atoms with E-state index < -0.39 is 0 Å². The van der Waals surface area contributed by atoms with Gasteiger partial charge >= 0.3 is 0 Å². The fourth-order valence-electron chi connectivity index (χ4n) is 2.41. The molecule has 1 aliphatic carbocycles. The molecule has 0 radical (unpaired) electrons. The average Bonchev–Trinajstić information content (AvgIpc) is 2.66. The van der Waals surface area contributed by atoms with E-state index in [0.717, 1.165) is 58.7 Å². The van der Waals surface area contributed by atoms with E-state index in [4.69, 9.17) is 4.74 Å². The smallest absolute Gasteiger partial charge is 0.0693 e. The average molecular weight is 214 g/mol. The molecule has 2 unspecified atom stereocenters. The third kappa shape index (κ3) is 3.41. The quantitative estimate of drug-likeness (QED) is 0.681. The lowest BCUT2D eigenvalue weighted by molar-refractivity contribution is 0.0374. The van der Waals surface area contributed by atoms with E-state index in [1.807, 2.05) is 0 Å². The van der Waals surface area contributed by atoms with Crippen molar-refractivity contribution in [3.63, 3.8) is 0 Å². The zero-order chi connectivity index (χ0) is 10.5. The lowest BCUT2D eigenvalue weighted by atomic mass is 10.2. The van der Waals surface area contributed by atoms with Crippen molar-refractivity contribution in [3.8, 4) is 0 Å². The van der Waals surface area contributed by atoms with Crippen LogP contribution in [0.5, 0.6) is 0 Å². The SMILES string of the molecule is OC1CCCC1NCCN1CCOCC1. The molecule has 4 heteroatoms. The number of nitrogens with zero attached hydrogens (tertiary/aromatic N) is 1. The van der Waals surface area contributed by atoms with Crippen LogP contribution in [0.3, 0.4) is 0 Å². The summed E-state index contributed by atoms with van der Waals surface area (Å²) in [7, 11) is 0. The zero-order valence-corrected chi connectivity index (χ0v) is 9.32. The maximum atomic E-state index is 9.63. The number of aliphatic hydroxyl groups is 1. The van der Waals surface area contributed by atoms with E-state index >= 15 is 0 Å². The molecule has 2 fully saturated rings. The highest BCUT2D eigenvalue weighted by molar-refractivity contribution is 4.82. The molecule has 2 N–H and O–H groups in total. The van der Waals surface area contributed by atoms with Gasteiger partial charge < -0.3 is 15.2 Å². The van der Waals surface area contributed by atoms with Crippen molar-refractivity contribution in [2.24, 2.45) is 0 Å². The van der Waals surface area contributed by atoms with Crippen molar-refractivity contribution >= 4 is 0 Å². The second kappa shape index (κ2) is 5.80. The monoisotopic (exact) mass is 214 g/mol. The molecular formula is C11H22N2O2. The van der Waals surface area contributed by atoms with Gasteiger partial charge in [0.05, 0.1) is 19.3 Å². The highest BCUT2D eigenvalue weighted by Crippen LogP contribution is 2.18. The Hall–Kier alpha value is -0.160. The van der Waals surface area contributed by atoms with Gasteiger partial charge in [0.1, 0.15) is 0 Å². The Kier molecular flexibility index (Phi) is 4.38. The van der Waals surface area contributed by atoms with Crippen molar-refractivity contribution in [2.45, 2.75) is 31.4 Å². The second-order valence-electron chi connectivity index (χ2n) is 4.51. The van der Waals surface area contributed by atoms with Crippen molar-refractivity contribution < 1.29 is 9.84 Å². The summed E-state index contributed by atoms with van der Waals surface area (Å²) in [6.07, 6.45) is 3.14.